The molecule has 1 aromatic heterocycles. The summed E-state index contributed by atoms with van der Waals surface area (Å²) in [5.74, 6) is 6.75. The average Bonchev–Trinajstić information content (AvgIpc) is 3.19. The van der Waals surface area contributed by atoms with Gasteiger partial charge in [-0.3, -0.25) is 9.69 Å². The molecule has 0 N–H and O–H groups in total. The molecule has 4 rings (SSSR count). The molecule has 2 aliphatic heterocycles. The Kier molecular flexibility index (Phi) is 6.50. The smallest absolute Gasteiger partial charge is 0.289 e. The van der Waals surface area contributed by atoms with Gasteiger partial charge in [-0.05, 0) is 32.0 Å². The van der Waals surface area contributed by atoms with E-state index in [1.807, 2.05) is 35.2 Å². The summed E-state index contributed by atoms with van der Waals surface area (Å²) in [5, 5.41) is 0.962. The van der Waals surface area contributed by atoms with Crippen molar-refractivity contribution in [2.75, 3.05) is 59.5 Å². The molecule has 29 heavy (non-hydrogen) atoms. The maximum absolute atomic E-state index is 12.7. The van der Waals surface area contributed by atoms with Gasteiger partial charge in [-0.25, -0.2) is 0 Å². The van der Waals surface area contributed by atoms with Crippen LogP contribution in [0.3, 0.4) is 0 Å². The van der Waals surface area contributed by atoms with Crippen LogP contribution in [-0.4, -0.2) is 86.2 Å². The molecule has 2 saturated heterocycles. The number of para-hydroxylation sites is 1. The van der Waals surface area contributed by atoms with Crippen molar-refractivity contribution < 1.29 is 13.9 Å². The van der Waals surface area contributed by atoms with E-state index in [0.29, 0.717) is 25.5 Å². The lowest BCUT2D eigenvalue weighted by Crippen LogP contribution is -2.44. The minimum Gasteiger partial charge on any atom is -0.451 e. The van der Waals surface area contributed by atoms with Crippen LogP contribution in [0.25, 0.3) is 11.0 Å². The first-order chi connectivity index (χ1) is 14.2. The van der Waals surface area contributed by atoms with Crippen molar-refractivity contribution >= 4 is 16.9 Å². The summed E-state index contributed by atoms with van der Waals surface area (Å²) in [6.45, 7) is 7.07. The van der Waals surface area contributed by atoms with Gasteiger partial charge >= 0.3 is 0 Å². The van der Waals surface area contributed by atoms with Gasteiger partial charge in [-0.15, -0.1) is 0 Å². The highest BCUT2D eigenvalue weighted by Crippen LogP contribution is 2.22. The largest absolute Gasteiger partial charge is 0.451 e. The second-order valence-electron chi connectivity index (χ2n) is 7.88. The Labute approximate surface area is 172 Å². The van der Waals surface area contributed by atoms with E-state index in [0.717, 1.165) is 56.5 Å². The zero-order valence-corrected chi connectivity index (χ0v) is 17.1. The molecule has 0 radical (unpaired) electrons. The summed E-state index contributed by atoms with van der Waals surface area (Å²) in [7, 11) is 2.16. The molecule has 2 fully saturated rings. The third kappa shape index (κ3) is 5.18. The summed E-state index contributed by atoms with van der Waals surface area (Å²) in [6, 6.07) is 9.54. The monoisotopic (exact) mass is 395 g/mol. The summed E-state index contributed by atoms with van der Waals surface area (Å²) in [4.78, 5) is 19.3. The number of amides is 1. The second kappa shape index (κ2) is 9.45. The number of likely N-dealkylation sites (tertiary alicyclic amines) is 1. The molecule has 0 bridgehead atoms. The maximum Gasteiger partial charge on any atom is 0.289 e. The van der Waals surface area contributed by atoms with E-state index < -0.39 is 0 Å². The molecular formula is C23H29N3O3. The number of ether oxygens (including phenoxy) is 1. The van der Waals surface area contributed by atoms with Crippen LogP contribution in [0.1, 0.15) is 23.4 Å². The Hall–Kier alpha value is -2.33. The molecule has 0 unspecified atom stereocenters. The van der Waals surface area contributed by atoms with Crippen LogP contribution in [0, 0.1) is 11.8 Å². The average molecular weight is 396 g/mol. The lowest BCUT2D eigenvalue weighted by Gasteiger charge is -2.31. The van der Waals surface area contributed by atoms with Crippen LogP contribution in [0.15, 0.2) is 34.7 Å². The number of likely N-dealkylation sites (N-methyl/N-ethyl adjacent to an activating group) is 1. The zero-order chi connectivity index (χ0) is 20.1. The zero-order valence-electron chi connectivity index (χ0n) is 17.1. The Morgan fingerprint density at radius 2 is 1.86 bits per heavy atom. The van der Waals surface area contributed by atoms with Crippen LogP contribution >= 0.6 is 0 Å². The minimum atomic E-state index is -0.0355. The van der Waals surface area contributed by atoms with Crippen LogP contribution in [0.5, 0.6) is 0 Å². The summed E-state index contributed by atoms with van der Waals surface area (Å²) in [6.07, 6.45) is 1.85. The molecule has 0 spiro atoms. The van der Waals surface area contributed by atoms with Gasteiger partial charge in [0.15, 0.2) is 5.76 Å². The minimum absolute atomic E-state index is 0.0355. The van der Waals surface area contributed by atoms with E-state index in [1.54, 1.807) is 0 Å². The standard InChI is InChI=1S/C23H29N3O3/c1-24-13-15-25(16-14-24)10-4-5-17-28-20-8-11-26(12-9-20)23(27)22-18-19-6-2-3-7-21(19)29-22/h2-3,6-7,18,20H,8-17H2,1H3. The molecule has 0 saturated carbocycles. The van der Waals surface area contributed by atoms with Gasteiger partial charge in [0.2, 0.25) is 0 Å². The Morgan fingerprint density at radius 1 is 1.10 bits per heavy atom. The van der Waals surface area contributed by atoms with Crippen LogP contribution in [0.2, 0.25) is 0 Å². The van der Waals surface area contributed by atoms with E-state index in [9.17, 15) is 4.79 Å². The van der Waals surface area contributed by atoms with Gasteiger partial charge in [0.05, 0.1) is 12.6 Å². The quantitative estimate of drug-likeness (QED) is 0.744. The molecule has 6 nitrogen and oxygen atoms in total. The van der Waals surface area contributed by atoms with Gasteiger partial charge in [0.1, 0.15) is 12.2 Å². The number of nitrogens with zero attached hydrogens (tertiary/aromatic N) is 3. The second-order valence-corrected chi connectivity index (χ2v) is 7.88. The number of hydrogen-bond donors (Lipinski definition) is 0. The highest BCUT2D eigenvalue weighted by atomic mass is 16.5. The highest BCUT2D eigenvalue weighted by molar-refractivity contribution is 5.96. The number of piperidine rings is 1. The third-order valence-electron chi connectivity index (χ3n) is 5.78. The van der Waals surface area contributed by atoms with Crippen LogP contribution in [-0.2, 0) is 4.74 Å². The fourth-order valence-corrected chi connectivity index (χ4v) is 3.85. The first kappa shape index (κ1) is 20.0. The van der Waals surface area contributed by atoms with Gasteiger partial charge < -0.3 is 19.0 Å². The summed E-state index contributed by atoms with van der Waals surface area (Å²) in [5.41, 5.74) is 0.754. The molecule has 3 heterocycles. The number of fused-ring (bicyclic) bond motifs is 1. The van der Waals surface area contributed by atoms with Crippen molar-refractivity contribution in [1.82, 2.24) is 14.7 Å². The molecular weight excluding hydrogens is 366 g/mol. The number of carbonyl (C=O) groups excluding carboxylic acids is 1. The van der Waals surface area contributed by atoms with Gasteiger partial charge in [-0.2, -0.15) is 0 Å². The number of hydrogen-bond acceptors (Lipinski definition) is 5. The fraction of sp³-hybridized carbons (Fsp3) is 0.522. The summed E-state index contributed by atoms with van der Waals surface area (Å²) < 4.78 is 11.6. The van der Waals surface area contributed by atoms with Crippen molar-refractivity contribution in [2.24, 2.45) is 0 Å². The molecule has 6 heteroatoms. The van der Waals surface area contributed by atoms with Crippen molar-refractivity contribution in [2.45, 2.75) is 18.9 Å². The Bertz CT molecular complexity index is 848. The molecule has 1 aromatic carbocycles. The van der Waals surface area contributed by atoms with E-state index in [1.165, 1.54) is 0 Å². The topological polar surface area (TPSA) is 49.2 Å². The number of piperazine rings is 1. The van der Waals surface area contributed by atoms with Crippen LogP contribution in [0.4, 0.5) is 0 Å². The predicted molar refractivity (Wildman–Crippen MR) is 113 cm³/mol. The van der Waals surface area contributed by atoms with Crippen molar-refractivity contribution in [3.63, 3.8) is 0 Å². The SMILES string of the molecule is CN1CCN(CC#CCOC2CCN(C(=O)c3cc4ccccc4o3)CC2)CC1. The van der Waals surface area contributed by atoms with Crippen molar-refractivity contribution in [3.8, 4) is 11.8 Å². The molecule has 2 aliphatic rings. The number of rotatable bonds is 4. The van der Waals surface area contributed by atoms with Crippen molar-refractivity contribution in [3.05, 3.63) is 36.1 Å². The first-order valence-corrected chi connectivity index (χ1v) is 10.4. The van der Waals surface area contributed by atoms with Gasteiger partial charge in [-0.1, -0.05) is 30.0 Å². The van der Waals surface area contributed by atoms with Gasteiger partial charge in [0.25, 0.3) is 5.91 Å². The first-order valence-electron chi connectivity index (χ1n) is 10.4. The van der Waals surface area contributed by atoms with Crippen molar-refractivity contribution in [1.29, 1.82) is 0 Å². The number of furan rings is 1. The number of benzene rings is 1. The molecule has 0 atom stereocenters. The lowest BCUT2D eigenvalue weighted by atomic mass is 10.1. The predicted octanol–water partition coefficient (Wildman–Crippen LogP) is 2.30. The maximum atomic E-state index is 12.7. The molecule has 154 valence electrons. The Morgan fingerprint density at radius 3 is 2.62 bits per heavy atom. The van der Waals surface area contributed by atoms with E-state index in [2.05, 4.69) is 28.7 Å². The molecule has 0 aliphatic carbocycles. The van der Waals surface area contributed by atoms with E-state index >= 15 is 0 Å². The van der Waals surface area contributed by atoms with Gasteiger partial charge in [0, 0.05) is 44.7 Å². The third-order valence-corrected chi connectivity index (χ3v) is 5.78. The van der Waals surface area contributed by atoms with E-state index in [-0.39, 0.29) is 12.0 Å². The lowest BCUT2D eigenvalue weighted by molar-refractivity contribution is 0.0219. The van der Waals surface area contributed by atoms with E-state index in [4.69, 9.17) is 9.15 Å². The fourth-order valence-electron chi connectivity index (χ4n) is 3.85. The highest BCUT2D eigenvalue weighted by Gasteiger charge is 2.26. The number of carbonyl (C=O) groups is 1. The Balaban J connectivity index is 1.18. The normalized spacial score (nSPS) is 19.3. The van der Waals surface area contributed by atoms with Crippen LogP contribution < -0.4 is 0 Å². The summed E-state index contributed by atoms with van der Waals surface area (Å²) >= 11 is 0. The molecule has 2 aromatic rings. The molecule has 1 amide bonds.